The molecule has 3 rings (SSSR count). The van der Waals surface area contributed by atoms with E-state index in [-0.39, 0.29) is 5.57 Å². The Bertz CT molecular complexity index is 1140. The molecule has 0 fully saturated rings. The van der Waals surface area contributed by atoms with Crippen LogP contribution in [0.3, 0.4) is 0 Å². The zero-order valence-corrected chi connectivity index (χ0v) is 18.2. The number of hydrogen-bond donors (Lipinski definition) is 1. The highest BCUT2D eigenvalue weighted by Crippen LogP contribution is 2.26. The fourth-order valence-electron chi connectivity index (χ4n) is 2.71. The third-order valence-electron chi connectivity index (χ3n) is 4.21. The van der Waals surface area contributed by atoms with Gasteiger partial charge in [0.25, 0.3) is 5.91 Å². The maximum atomic E-state index is 12.4. The topological polar surface area (TPSA) is 52.9 Å². The van der Waals surface area contributed by atoms with Crippen LogP contribution < -0.4 is 5.32 Å². The summed E-state index contributed by atoms with van der Waals surface area (Å²) in [4.78, 5) is 12.4. The summed E-state index contributed by atoms with van der Waals surface area (Å²) in [6.07, 6.45) is 2.21. The maximum Gasteiger partial charge on any atom is 0.266 e. The summed E-state index contributed by atoms with van der Waals surface area (Å²) in [6.45, 7) is 0. The Morgan fingerprint density at radius 3 is 2.34 bits per heavy atom. The van der Waals surface area contributed by atoms with E-state index in [4.69, 9.17) is 23.2 Å². The largest absolute Gasteiger partial charge is 0.320 e. The lowest BCUT2D eigenvalue weighted by Gasteiger charge is -2.08. The first-order chi connectivity index (χ1) is 14.0. The smallest absolute Gasteiger partial charge is 0.266 e. The number of benzene rings is 3. The molecule has 3 aromatic rings. The molecule has 0 aliphatic heterocycles. The number of para-hydroxylation sites is 1. The molecule has 0 aliphatic carbocycles. The predicted octanol–water partition coefficient (Wildman–Crippen LogP) is 6.89. The average Bonchev–Trinajstić information content (AvgIpc) is 2.71. The van der Waals surface area contributed by atoms with Crippen LogP contribution in [-0.2, 0) is 11.2 Å². The molecular weight excluding hydrogens is 471 g/mol. The molecule has 0 unspecified atom stereocenters. The van der Waals surface area contributed by atoms with E-state index in [9.17, 15) is 10.1 Å². The lowest BCUT2D eigenvalue weighted by atomic mass is 10.0. The molecule has 0 radical (unpaired) electrons. The fraction of sp³-hybridized carbons (Fsp3) is 0.0435. The molecule has 0 saturated carbocycles. The van der Waals surface area contributed by atoms with Gasteiger partial charge in [-0.2, -0.15) is 5.26 Å². The second-order valence-corrected chi connectivity index (χ2v) is 7.89. The summed E-state index contributed by atoms with van der Waals surface area (Å²) in [6, 6.07) is 22.2. The van der Waals surface area contributed by atoms with Gasteiger partial charge in [-0.25, -0.2) is 0 Å². The summed E-state index contributed by atoms with van der Waals surface area (Å²) in [7, 11) is 0. The van der Waals surface area contributed by atoms with Crippen LogP contribution in [-0.4, -0.2) is 5.91 Å². The molecule has 0 bridgehead atoms. The lowest BCUT2D eigenvalue weighted by molar-refractivity contribution is -0.112. The van der Waals surface area contributed by atoms with Gasteiger partial charge in [0.05, 0.1) is 10.7 Å². The highest BCUT2D eigenvalue weighted by molar-refractivity contribution is 9.10. The van der Waals surface area contributed by atoms with E-state index in [2.05, 4.69) is 21.2 Å². The number of nitrogens with zero attached hydrogens (tertiary/aromatic N) is 1. The molecular formula is C23H15BrCl2N2O. The van der Waals surface area contributed by atoms with Crippen molar-refractivity contribution >= 4 is 56.8 Å². The fourth-order valence-corrected chi connectivity index (χ4v) is 3.63. The van der Waals surface area contributed by atoms with Gasteiger partial charge in [-0.1, -0.05) is 81.6 Å². The quantitative estimate of drug-likeness (QED) is 0.316. The van der Waals surface area contributed by atoms with E-state index in [0.29, 0.717) is 22.2 Å². The standard InChI is InChI=1S/C23H15BrCl2N2O/c24-19-12-15(9-10-16(19)13-17-5-1-2-6-20(17)25)11-18(14-27)23(29)28-22-8-4-3-7-21(22)26/h1-12H,13H2,(H,28,29)/b18-11+. The minimum absolute atomic E-state index is 0.0179. The van der Waals surface area contributed by atoms with Gasteiger partial charge in [0, 0.05) is 15.9 Å². The highest BCUT2D eigenvalue weighted by atomic mass is 79.9. The Labute approximate surface area is 187 Å². The van der Waals surface area contributed by atoms with Gasteiger partial charge in [-0.15, -0.1) is 0 Å². The van der Waals surface area contributed by atoms with Crippen molar-refractivity contribution in [2.45, 2.75) is 6.42 Å². The van der Waals surface area contributed by atoms with Crippen LogP contribution in [0.5, 0.6) is 0 Å². The molecule has 6 heteroatoms. The first kappa shape index (κ1) is 21.1. The second-order valence-electron chi connectivity index (χ2n) is 6.22. The van der Waals surface area contributed by atoms with Crippen LogP contribution in [0.2, 0.25) is 10.0 Å². The Hall–Kier alpha value is -2.58. The van der Waals surface area contributed by atoms with Crippen molar-refractivity contribution in [3.63, 3.8) is 0 Å². The van der Waals surface area contributed by atoms with Gasteiger partial charge < -0.3 is 5.32 Å². The maximum absolute atomic E-state index is 12.4. The minimum Gasteiger partial charge on any atom is -0.320 e. The molecule has 0 aliphatic rings. The third-order valence-corrected chi connectivity index (χ3v) is 5.65. The number of nitrogens with one attached hydrogen (secondary N) is 1. The Balaban J connectivity index is 1.80. The van der Waals surface area contributed by atoms with E-state index in [1.165, 1.54) is 6.08 Å². The van der Waals surface area contributed by atoms with Gasteiger partial charge in [-0.05, 0) is 47.0 Å². The molecule has 0 heterocycles. The van der Waals surface area contributed by atoms with Gasteiger partial charge in [0.15, 0.2) is 0 Å². The van der Waals surface area contributed by atoms with Crippen molar-refractivity contribution in [3.05, 3.63) is 104 Å². The summed E-state index contributed by atoms with van der Waals surface area (Å²) >= 11 is 15.9. The highest BCUT2D eigenvalue weighted by Gasteiger charge is 2.12. The molecule has 29 heavy (non-hydrogen) atoms. The minimum atomic E-state index is -0.517. The van der Waals surface area contributed by atoms with Crippen LogP contribution in [0.15, 0.2) is 76.8 Å². The molecule has 0 spiro atoms. The van der Waals surface area contributed by atoms with E-state index in [0.717, 1.165) is 21.2 Å². The summed E-state index contributed by atoms with van der Waals surface area (Å²) in [5, 5.41) is 13.2. The number of nitriles is 1. The van der Waals surface area contributed by atoms with Gasteiger partial charge >= 0.3 is 0 Å². The molecule has 0 atom stereocenters. The van der Waals surface area contributed by atoms with Gasteiger partial charge in [0.1, 0.15) is 11.6 Å². The Kier molecular flexibility index (Phi) is 7.11. The summed E-state index contributed by atoms with van der Waals surface area (Å²) in [5.41, 5.74) is 3.24. The van der Waals surface area contributed by atoms with Crippen molar-refractivity contribution in [2.75, 3.05) is 5.32 Å². The van der Waals surface area contributed by atoms with Crippen molar-refractivity contribution in [2.24, 2.45) is 0 Å². The van der Waals surface area contributed by atoms with Crippen LogP contribution in [0.25, 0.3) is 6.08 Å². The summed E-state index contributed by atoms with van der Waals surface area (Å²) < 4.78 is 0.870. The van der Waals surface area contributed by atoms with E-state index < -0.39 is 5.91 Å². The Morgan fingerprint density at radius 1 is 1.00 bits per heavy atom. The zero-order valence-electron chi connectivity index (χ0n) is 15.1. The summed E-state index contributed by atoms with van der Waals surface area (Å²) in [5.74, 6) is -0.517. The van der Waals surface area contributed by atoms with Crippen molar-refractivity contribution in [1.82, 2.24) is 0 Å². The number of rotatable bonds is 5. The van der Waals surface area contributed by atoms with E-state index in [1.807, 2.05) is 48.5 Å². The van der Waals surface area contributed by atoms with Crippen LogP contribution in [0.4, 0.5) is 5.69 Å². The number of halogens is 3. The number of carbonyl (C=O) groups excluding carboxylic acids is 1. The van der Waals surface area contributed by atoms with Crippen molar-refractivity contribution in [1.29, 1.82) is 5.26 Å². The van der Waals surface area contributed by atoms with Crippen molar-refractivity contribution < 1.29 is 4.79 Å². The second kappa shape index (κ2) is 9.76. The normalized spacial score (nSPS) is 11.0. The third kappa shape index (κ3) is 5.48. The lowest BCUT2D eigenvalue weighted by Crippen LogP contribution is -2.13. The molecule has 1 N–H and O–H groups in total. The first-order valence-electron chi connectivity index (χ1n) is 8.67. The van der Waals surface area contributed by atoms with Gasteiger partial charge in [-0.3, -0.25) is 4.79 Å². The average molecular weight is 486 g/mol. The number of carbonyl (C=O) groups is 1. The van der Waals surface area contributed by atoms with E-state index in [1.54, 1.807) is 24.3 Å². The number of hydrogen-bond acceptors (Lipinski definition) is 2. The zero-order chi connectivity index (χ0) is 20.8. The van der Waals surface area contributed by atoms with Gasteiger partial charge in [0.2, 0.25) is 0 Å². The number of anilines is 1. The van der Waals surface area contributed by atoms with Crippen LogP contribution >= 0.6 is 39.1 Å². The molecule has 3 aromatic carbocycles. The van der Waals surface area contributed by atoms with Crippen molar-refractivity contribution in [3.8, 4) is 6.07 Å². The van der Waals surface area contributed by atoms with E-state index >= 15 is 0 Å². The molecule has 3 nitrogen and oxygen atoms in total. The van der Waals surface area contributed by atoms with Crippen LogP contribution in [0.1, 0.15) is 16.7 Å². The predicted molar refractivity (Wildman–Crippen MR) is 122 cm³/mol. The monoisotopic (exact) mass is 484 g/mol. The SMILES string of the molecule is N#C/C(=C\c1ccc(Cc2ccccc2Cl)c(Br)c1)C(=O)Nc1ccccc1Cl. The first-order valence-corrected chi connectivity index (χ1v) is 10.2. The Morgan fingerprint density at radius 2 is 1.69 bits per heavy atom. The van der Waals surface area contributed by atoms with Crippen LogP contribution in [0, 0.1) is 11.3 Å². The molecule has 1 amide bonds. The molecule has 144 valence electrons. The molecule has 0 aromatic heterocycles. The molecule has 0 saturated heterocycles. The number of amides is 1.